The van der Waals surface area contributed by atoms with Gasteiger partial charge < -0.3 is 4.74 Å². The van der Waals surface area contributed by atoms with Gasteiger partial charge in [0.2, 0.25) is 0 Å². The molecule has 0 radical (unpaired) electrons. The lowest BCUT2D eigenvalue weighted by atomic mass is 10.1. The number of hydrogen-bond acceptors (Lipinski definition) is 6. The summed E-state index contributed by atoms with van der Waals surface area (Å²) in [6.45, 7) is 7.87. The first-order valence-electron chi connectivity index (χ1n) is 6.82. The number of carbonyl (C=O) groups excluding carboxylic acids is 2. The molecule has 0 aromatic carbocycles. The van der Waals surface area contributed by atoms with Crippen molar-refractivity contribution in [2.45, 2.75) is 59.0 Å². The monoisotopic (exact) mass is 288 g/mol. The lowest BCUT2D eigenvalue weighted by Crippen LogP contribution is -2.24. The summed E-state index contributed by atoms with van der Waals surface area (Å²) < 4.78 is 4.87. The lowest BCUT2D eigenvalue weighted by Gasteiger charge is -2.19. The van der Waals surface area contributed by atoms with Crippen LogP contribution in [0.25, 0.3) is 0 Å². The van der Waals surface area contributed by atoms with E-state index >= 15 is 0 Å². The van der Waals surface area contributed by atoms with E-state index in [2.05, 4.69) is 16.8 Å². The molecule has 0 fully saturated rings. The van der Waals surface area contributed by atoms with Gasteiger partial charge in [-0.15, -0.1) is 0 Å². The molecule has 6 nitrogen and oxygen atoms in total. The van der Waals surface area contributed by atoms with Crippen molar-refractivity contribution < 1.29 is 29.1 Å². The van der Waals surface area contributed by atoms with Crippen molar-refractivity contribution >= 4 is 11.9 Å². The second-order valence-corrected chi connectivity index (χ2v) is 4.87. The number of rotatable bonds is 10. The summed E-state index contributed by atoms with van der Waals surface area (Å²) >= 11 is 0. The lowest BCUT2D eigenvalue weighted by molar-refractivity contribution is -0.515. The number of carbonyl (C=O) groups is 2. The van der Waals surface area contributed by atoms with Crippen molar-refractivity contribution in [1.82, 2.24) is 0 Å². The summed E-state index contributed by atoms with van der Waals surface area (Å²) in [5, 5.41) is 4.34. The van der Waals surface area contributed by atoms with E-state index in [1.807, 2.05) is 6.92 Å². The molecule has 0 aromatic heterocycles. The molecule has 0 unspecified atom stereocenters. The Kier molecular flexibility index (Phi) is 9.67. The SMILES string of the molecule is CCCCCOC(=O)C=CC(=O)OOOC(C)(C)CC. The highest BCUT2D eigenvalue weighted by Gasteiger charge is 2.18. The molecule has 0 saturated heterocycles. The minimum absolute atomic E-state index is 0.344. The van der Waals surface area contributed by atoms with Crippen molar-refractivity contribution in [2.24, 2.45) is 0 Å². The third-order valence-electron chi connectivity index (χ3n) is 2.57. The van der Waals surface area contributed by atoms with Crippen LogP contribution >= 0.6 is 0 Å². The van der Waals surface area contributed by atoms with E-state index in [-0.39, 0.29) is 0 Å². The Balaban J connectivity index is 3.79. The first-order valence-corrected chi connectivity index (χ1v) is 6.82. The molecule has 0 rings (SSSR count). The summed E-state index contributed by atoms with van der Waals surface area (Å²) in [4.78, 5) is 31.5. The molecule has 0 bridgehead atoms. The number of unbranched alkanes of at least 4 members (excludes halogenated alkanes) is 2. The van der Waals surface area contributed by atoms with Gasteiger partial charge in [-0.1, -0.05) is 26.7 Å². The van der Waals surface area contributed by atoms with E-state index in [0.717, 1.165) is 31.4 Å². The van der Waals surface area contributed by atoms with Gasteiger partial charge in [0.1, 0.15) is 5.60 Å². The summed E-state index contributed by atoms with van der Waals surface area (Å²) in [5.74, 6) is -1.43. The van der Waals surface area contributed by atoms with Crippen LogP contribution in [0.3, 0.4) is 0 Å². The highest BCUT2D eigenvalue weighted by atomic mass is 17.5. The highest BCUT2D eigenvalue weighted by Crippen LogP contribution is 2.13. The van der Waals surface area contributed by atoms with Gasteiger partial charge in [0, 0.05) is 12.2 Å². The standard InChI is InChI=1S/C14H24O6/c1-5-7-8-11-17-12(15)9-10-13(16)18-20-19-14(3,4)6-2/h9-10H,5-8,11H2,1-4H3. The maximum absolute atomic E-state index is 11.2. The van der Waals surface area contributed by atoms with Crippen molar-refractivity contribution in [3.05, 3.63) is 12.2 Å². The Morgan fingerprint density at radius 1 is 1.05 bits per heavy atom. The van der Waals surface area contributed by atoms with Crippen LogP contribution in [0.1, 0.15) is 53.4 Å². The fourth-order valence-electron chi connectivity index (χ4n) is 0.938. The van der Waals surface area contributed by atoms with Crippen LogP contribution in [-0.4, -0.2) is 24.1 Å². The predicted octanol–water partition coefficient (Wildman–Crippen LogP) is 2.87. The molecule has 0 aromatic rings. The van der Waals surface area contributed by atoms with Crippen LogP contribution in [0.2, 0.25) is 0 Å². The zero-order valence-electron chi connectivity index (χ0n) is 12.6. The number of ether oxygens (including phenoxy) is 1. The number of hydrogen-bond donors (Lipinski definition) is 0. The molecule has 0 aliphatic heterocycles. The molecule has 0 N–H and O–H groups in total. The molecule has 20 heavy (non-hydrogen) atoms. The molecule has 0 spiro atoms. The van der Waals surface area contributed by atoms with Crippen LogP contribution in [0.15, 0.2) is 12.2 Å². The van der Waals surface area contributed by atoms with Gasteiger partial charge in [0.25, 0.3) is 0 Å². The largest absolute Gasteiger partial charge is 0.463 e. The van der Waals surface area contributed by atoms with Crippen molar-refractivity contribution in [3.63, 3.8) is 0 Å². The first kappa shape index (κ1) is 18.6. The molecule has 0 heterocycles. The van der Waals surface area contributed by atoms with Gasteiger partial charge in [0.15, 0.2) is 0 Å². The van der Waals surface area contributed by atoms with Gasteiger partial charge in [-0.25, -0.2) is 9.59 Å². The van der Waals surface area contributed by atoms with Gasteiger partial charge in [-0.3, -0.25) is 4.89 Å². The van der Waals surface area contributed by atoms with Crippen molar-refractivity contribution in [2.75, 3.05) is 6.61 Å². The predicted molar refractivity (Wildman–Crippen MR) is 72.3 cm³/mol. The Labute approximate surface area is 119 Å². The third kappa shape index (κ3) is 10.5. The second kappa shape index (κ2) is 10.4. The first-order chi connectivity index (χ1) is 9.41. The number of esters is 1. The zero-order chi connectivity index (χ0) is 15.4. The van der Waals surface area contributed by atoms with Crippen LogP contribution < -0.4 is 0 Å². The molecule has 0 amide bonds. The molecule has 0 saturated carbocycles. The van der Waals surface area contributed by atoms with Crippen LogP contribution in [0.4, 0.5) is 0 Å². The Bertz CT molecular complexity index is 322. The van der Waals surface area contributed by atoms with E-state index < -0.39 is 17.5 Å². The smallest absolute Gasteiger partial charge is 0.369 e. The fraction of sp³-hybridized carbons (Fsp3) is 0.714. The molecule has 0 aliphatic rings. The topological polar surface area (TPSA) is 71.1 Å². The van der Waals surface area contributed by atoms with E-state index in [1.54, 1.807) is 13.8 Å². The van der Waals surface area contributed by atoms with E-state index in [4.69, 9.17) is 9.62 Å². The minimum Gasteiger partial charge on any atom is -0.463 e. The van der Waals surface area contributed by atoms with Crippen LogP contribution in [-0.2, 0) is 29.1 Å². The molecular weight excluding hydrogens is 264 g/mol. The zero-order valence-corrected chi connectivity index (χ0v) is 12.6. The maximum Gasteiger partial charge on any atom is 0.369 e. The normalized spacial score (nSPS) is 11.6. The van der Waals surface area contributed by atoms with Gasteiger partial charge in [-0.2, -0.15) is 4.89 Å². The summed E-state index contributed by atoms with van der Waals surface area (Å²) in [6, 6.07) is 0. The van der Waals surface area contributed by atoms with Crippen LogP contribution in [0.5, 0.6) is 0 Å². The molecule has 116 valence electrons. The second-order valence-electron chi connectivity index (χ2n) is 4.87. The molecule has 6 heteroatoms. The Hall–Kier alpha value is -1.40. The summed E-state index contributed by atoms with van der Waals surface area (Å²) in [5.41, 5.74) is -0.553. The maximum atomic E-state index is 11.2. The Morgan fingerprint density at radius 2 is 1.70 bits per heavy atom. The van der Waals surface area contributed by atoms with E-state index in [0.29, 0.717) is 13.0 Å². The van der Waals surface area contributed by atoms with E-state index in [9.17, 15) is 9.59 Å². The van der Waals surface area contributed by atoms with E-state index in [1.165, 1.54) is 0 Å². The summed E-state index contributed by atoms with van der Waals surface area (Å²) in [7, 11) is 0. The minimum atomic E-state index is -0.845. The Morgan fingerprint density at radius 3 is 2.30 bits per heavy atom. The van der Waals surface area contributed by atoms with Crippen molar-refractivity contribution in [1.29, 1.82) is 0 Å². The van der Waals surface area contributed by atoms with Gasteiger partial charge in [-0.05, 0) is 31.7 Å². The van der Waals surface area contributed by atoms with Gasteiger partial charge >= 0.3 is 11.9 Å². The average Bonchev–Trinajstić information content (AvgIpc) is 2.41. The quantitative estimate of drug-likeness (QED) is 0.202. The fourth-order valence-corrected chi connectivity index (χ4v) is 0.938. The molecule has 0 atom stereocenters. The van der Waals surface area contributed by atoms with Crippen LogP contribution in [0, 0.1) is 0 Å². The molecule has 0 aliphatic carbocycles. The third-order valence-corrected chi connectivity index (χ3v) is 2.57. The summed E-state index contributed by atoms with van der Waals surface area (Å²) in [6.07, 6.45) is 5.45. The van der Waals surface area contributed by atoms with Gasteiger partial charge in [0.05, 0.1) is 6.61 Å². The highest BCUT2D eigenvalue weighted by molar-refractivity contribution is 5.91. The molecular formula is C14H24O6. The average molecular weight is 288 g/mol. The van der Waals surface area contributed by atoms with Crippen molar-refractivity contribution in [3.8, 4) is 0 Å².